The van der Waals surface area contributed by atoms with Gasteiger partial charge in [0.15, 0.2) is 0 Å². The van der Waals surface area contributed by atoms with Gasteiger partial charge in [-0.25, -0.2) is 0 Å². The predicted molar refractivity (Wildman–Crippen MR) is 76.8 cm³/mol. The summed E-state index contributed by atoms with van der Waals surface area (Å²) in [6.45, 7) is 2.82. The molecule has 2 aromatic rings. The Kier molecular flexibility index (Phi) is 3.13. The number of nitrogen functional groups attached to an aromatic ring is 1. The number of anilines is 1. The molecule has 19 heavy (non-hydrogen) atoms. The van der Waals surface area contributed by atoms with Gasteiger partial charge in [0.1, 0.15) is 5.75 Å². The Morgan fingerprint density at radius 3 is 2.79 bits per heavy atom. The number of rotatable bonds is 3. The fourth-order valence-electron chi connectivity index (χ4n) is 2.66. The molecule has 1 aliphatic heterocycles. The summed E-state index contributed by atoms with van der Waals surface area (Å²) in [5.74, 6) is 0.911. The second kappa shape index (κ2) is 4.94. The van der Waals surface area contributed by atoms with Crippen molar-refractivity contribution in [3.05, 3.63) is 59.2 Å². The molecule has 0 unspecified atom stereocenters. The molecule has 0 amide bonds. The molecule has 98 valence electrons. The Labute approximate surface area is 113 Å². The third kappa shape index (κ3) is 2.42. The molecule has 0 atom stereocenters. The van der Waals surface area contributed by atoms with Gasteiger partial charge in [0.05, 0.1) is 7.11 Å². The summed E-state index contributed by atoms with van der Waals surface area (Å²) in [6, 6.07) is 14.4. The molecule has 3 nitrogen and oxygen atoms in total. The Balaban J connectivity index is 1.75. The van der Waals surface area contributed by atoms with Gasteiger partial charge in [-0.05, 0) is 34.9 Å². The number of fused-ring (bicyclic) bond motifs is 1. The van der Waals surface area contributed by atoms with Gasteiger partial charge in [-0.1, -0.05) is 24.3 Å². The molecule has 0 aliphatic carbocycles. The van der Waals surface area contributed by atoms with Gasteiger partial charge in [0.25, 0.3) is 0 Å². The fraction of sp³-hybridized carbons (Fsp3) is 0.250. The maximum atomic E-state index is 6.03. The molecular weight excluding hydrogens is 236 g/mol. The largest absolute Gasteiger partial charge is 0.497 e. The van der Waals surface area contributed by atoms with Crippen LogP contribution in [0.3, 0.4) is 0 Å². The van der Waals surface area contributed by atoms with Crippen molar-refractivity contribution in [1.82, 2.24) is 4.90 Å². The van der Waals surface area contributed by atoms with E-state index in [1.54, 1.807) is 7.11 Å². The lowest BCUT2D eigenvalue weighted by Gasteiger charge is -2.15. The van der Waals surface area contributed by atoms with Crippen molar-refractivity contribution in [2.45, 2.75) is 19.6 Å². The summed E-state index contributed by atoms with van der Waals surface area (Å²) in [6.07, 6.45) is 0. The molecule has 1 heterocycles. The fourth-order valence-corrected chi connectivity index (χ4v) is 2.66. The van der Waals surface area contributed by atoms with Gasteiger partial charge in [-0.3, -0.25) is 4.90 Å². The topological polar surface area (TPSA) is 38.5 Å². The molecular formula is C16H18N2O. The zero-order chi connectivity index (χ0) is 13.2. The molecule has 0 saturated heterocycles. The molecule has 0 saturated carbocycles. The Hall–Kier alpha value is -2.00. The van der Waals surface area contributed by atoms with Gasteiger partial charge in [-0.15, -0.1) is 0 Å². The quantitative estimate of drug-likeness (QED) is 0.856. The van der Waals surface area contributed by atoms with Crippen LogP contribution in [-0.4, -0.2) is 12.0 Å². The normalized spacial score (nSPS) is 14.4. The van der Waals surface area contributed by atoms with E-state index in [1.807, 2.05) is 24.3 Å². The Bertz CT molecular complexity index is 595. The average molecular weight is 254 g/mol. The SMILES string of the molecule is COc1cccc(CN2Cc3cccc(N)c3C2)c1. The number of benzene rings is 2. The highest BCUT2D eigenvalue weighted by Crippen LogP contribution is 2.28. The molecule has 1 aliphatic rings. The van der Waals surface area contributed by atoms with Crippen LogP contribution in [-0.2, 0) is 19.6 Å². The maximum Gasteiger partial charge on any atom is 0.119 e. The summed E-state index contributed by atoms with van der Waals surface area (Å²) in [5, 5.41) is 0. The smallest absolute Gasteiger partial charge is 0.119 e. The van der Waals surface area contributed by atoms with Crippen LogP contribution < -0.4 is 10.5 Å². The van der Waals surface area contributed by atoms with Gasteiger partial charge >= 0.3 is 0 Å². The first-order valence-corrected chi connectivity index (χ1v) is 6.48. The van der Waals surface area contributed by atoms with Gasteiger partial charge in [0.2, 0.25) is 0 Å². The van der Waals surface area contributed by atoms with E-state index in [0.29, 0.717) is 0 Å². The maximum absolute atomic E-state index is 6.03. The van der Waals surface area contributed by atoms with E-state index in [1.165, 1.54) is 16.7 Å². The first-order valence-electron chi connectivity index (χ1n) is 6.48. The lowest BCUT2D eigenvalue weighted by molar-refractivity contribution is 0.275. The zero-order valence-corrected chi connectivity index (χ0v) is 11.1. The van der Waals surface area contributed by atoms with Crippen molar-refractivity contribution in [2.24, 2.45) is 0 Å². The first kappa shape index (κ1) is 12.1. The number of ether oxygens (including phenoxy) is 1. The lowest BCUT2D eigenvalue weighted by atomic mass is 10.1. The summed E-state index contributed by atoms with van der Waals surface area (Å²) in [4.78, 5) is 2.40. The van der Waals surface area contributed by atoms with Crippen LogP contribution in [0.25, 0.3) is 0 Å². The summed E-state index contributed by atoms with van der Waals surface area (Å²) < 4.78 is 5.26. The van der Waals surface area contributed by atoms with Crippen LogP contribution in [0.1, 0.15) is 16.7 Å². The summed E-state index contributed by atoms with van der Waals surface area (Å²) in [7, 11) is 1.70. The zero-order valence-electron chi connectivity index (χ0n) is 11.1. The molecule has 2 aromatic carbocycles. The average Bonchev–Trinajstić information content (AvgIpc) is 2.83. The summed E-state index contributed by atoms with van der Waals surface area (Å²) in [5.41, 5.74) is 10.8. The van der Waals surface area contributed by atoms with E-state index in [2.05, 4.69) is 23.1 Å². The van der Waals surface area contributed by atoms with Crippen LogP contribution in [0.4, 0.5) is 5.69 Å². The highest BCUT2D eigenvalue weighted by Gasteiger charge is 2.20. The van der Waals surface area contributed by atoms with E-state index >= 15 is 0 Å². The van der Waals surface area contributed by atoms with Crippen LogP contribution in [0, 0.1) is 0 Å². The van der Waals surface area contributed by atoms with Crippen LogP contribution in [0.15, 0.2) is 42.5 Å². The van der Waals surface area contributed by atoms with Crippen molar-refractivity contribution >= 4 is 5.69 Å². The van der Waals surface area contributed by atoms with Crippen molar-refractivity contribution in [1.29, 1.82) is 0 Å². The lowest BCUT2D eigenvalue weighted by Crippen LogP contribution is -2.15. The van der Waals surface area contributed by atoms with E-state index in [0.717, 1.165) is 31.1 Å². The van der Waals surface area contributed by atoms with Crippen molar-refractivity contribution < 1.29 is 4.74 Å². The van der Waals surface area contributed by atoms with Crippen molar-refractivity contribution in [3.63, 3.8) is 0 Å². The minimum absolute atomic E-state index is 0.908. The second-order valence-electron chi connectivity index (χ2n) is 4.98. The van der Waals surface area contributed by atoms with Crippen LogP contribution in [0.5, 0.6) is 5.75 Å². The van der Waals surface area contributed by atoms with Gasteiger partial charge in [-0.2, -0.15) is 0 Å². The Morgan fingerprint density at radius 1 is 1.16 bits per heavy atom. The standard InChI is InChI=1S/C16H18N2O/c1-19-14-6-2-4-12(8-14)9-18-10-13-5-3-7-16(17)15(13)11-18/h2-8H,9-11,17H2,1H3. The number of hydrogen-bond donors (Lipinski definition) is 1. The van der Waals surface area contributed by atoms with Crippen molar-refractivity contribution in [2.75, 3.05) is 12.8 Å². The van der Waals surface area contributed by atoms with E-state index in [4.69, 9.17) is 10.5 Å². The van der Waals surface area contributed by atoms with Crippen LogP contribution >= 0.6 is 0 Å². The molecule has 3 rings (SSSR count). The Morgan fingerprint density at radius 2 is 2.00 bits per heavy atom. The predicted octanol–water partition coefficient (Wildman–Crippen LogP) is 2.79. The van der Waals surface area contributed by atoms with E-state index in [-0.39, 0.29) is 0 Å². The number of hydrogen-bond acceptors (Lipinski definition) is 3. The van der Waals surface area contributed by atoms with Gasteiger partial charge in [0, 0.05) is 25.3 Å². The number of nitrogens with two attached hydrogens (primary N) is 1. The minimum Gasteiger partial charge on any atom is -0.497 e. The third-order valence-electron chi connectivity index (χ3n) is 3.63. The molecule has 0 bridgehead atoms. The van der Waals surface area contributed by atoms with E-state index in [9.17, 15) is 0 Å². The highest BCUT2D eigenvalue weighted by molar-refractivity contribution is 5.52. The minimum atomic E-state index is 0.908. The van der Waals surface area contributed by atoms with E-state index < -0.39 is 0 Å². The molecule has 0 aromatic heterocycles. The number of methoxy groups -OCH3 is 1. The highest BCUT2D eigenvalue weighted by atomic mass is 16.5. The van der Waals surface area contributed by atoms with Crippen molar-refractivity contribution in [3.8, 4) is 5.75 Å². The summed E-state index contributed by atoms with van der Waals surface area (Å²) >= 11 is 0. The monoisotopic (exact) mass is 254 g/mol. The first-order chi connectivity index (χ1) is 9.26. The number of nitrogens with zero attached hydrogens (tertiary/aromatic N) is 1. The molecule has 3 heteroatoms. The molecule has 2 N–H and O–H groups in total. The molecule has 0 fully saturated rings. The van der Waals surface area contributed by atoms with Gasteiger partial charge < -0.3 is 10.5 Å². The molecule has 0 spiro atoms. The third-order valence-corrected chi connectivity index (χ3v) is 3.63. The van der Waals surface area contributed by atoms with Crippen LogP contribution in [0.2, 0.25) is 0 Å². The second-order valence-corrected chi connectivity index (χ2v) is 4.98. The molecule has 0 radical (unpaired) electrons.